The predicted octanol–water partition coefficient (Wildman–Crippen LogP) is 3.31. The van der Waals surface area contributed by atoms with Crippen LogP contribution < -0.4 is 11.2 Å². The summed E-state index contributed by atoms with van der Waals surface area (Å²) in [7, 11) is 0. The molecule has 0 aliphatic heterocycles. The lowest BCUT2D eigenvalue weighted by Gasteiger charge is -2.13. The minimum absolute atomic E-state index is 0.100. The molecular formula is C24H18N4O3. The zero-order chi connectivity index (χ0) is 21.2. The number of aromatic nitrogens is 4. The van der Waals surface area contributed by atoms with Crippen molar-refractivity contribution in [2.75, 3.05) is 0 Å². The maximum Gasteiger partial charge on any atom is 0.332 e. The monoisotopic (exact) mass is 410 g/mol. The minimum Gasteiger partial charge on any atom is -0.337 e. The Kier molecular flexibility index (Phi) is 4.76. The Morgan fingerprint density at radius 1 is 0.742 bits per heavy atom. The van der Waals surface area contributed by atoms with E-state index < -0.39 is 5.69 Å². The highest BCUT2D eigenvalue weighted by Gasteiger charge is 2.16. The van der Waals surface area contributed by atoms with E-state index in [4.69, 9.17) is 4.52 Å². The van der Waals surface area contributed by atoms with Gasteiger partial charge in [-0.3, -0.25) is 13.9 Å². The average molecular weight is 410 g/mol. The minimum atomic E-state index is -0.424. The fourth-order valence-electron chi connectivity index (χ4n) is 3.59. The summed E-state index contributed by atoms with van der Waals surface area (Å²) in [6.45, 7) is 0.247. The maximum absolute atomic E-state index is 13.3. The van der Waals surface area contributed by atoms with Gasteiger partial charge in [0.1, 0.15) is 6.54 Å². The third-order valence-corrected chi connectivity index (χ3v) is 5.11. The summed E-state index contributed by atoms with van der Waals surface area (Å²) in [5, 5.41) is 4.44. The first-order valence-electron chi connectivity index (χ1n) is 9.85. The number of rotatable bonds is 5. The van der Waals surface area contributed by atoms with Crippen LogP contribution in [0.4, 0.5) is 0 Å². The van der Waals surface area contributed by atoms with Crippen LogP contribution in [-0.2, 0) is 13.1 Å². The third kappa shape index (κ3) is 3.57. The number of benzene rings is 3. The second-order valence-electron chi connectivity index (χ2n) is 7.14. The number of fused-ring (bicyclic) bond motifs is 1. The molecule has 5 aromatic rings. The van der Waals surface area contributed by atoms with Gasteiger partial charge in [-0.05, 0) is 17.7 Å². The molecule has 152 valence electrons. The van der Waals surface area contributed by atoms with Crippen LogP contribution in [0.25, 0.3) is 22.3 Å². The summed E-state index contributed by atoms with van der Waals surface area (Å²) in [6.07, 6.45) is 0. The zero-order valence-electron chi connectivity index (χ0n) is 16.5. The van der Waals surface area contributed by atoms with Gasteiger partial charge in [-0.2, -0.15) is 4.98 Å². The van der Waals surface area contributed by atoms with Gasteiger partial charge in [0.2, 0.25) is 11.7 Å². The van der Waals surface area contributed by atoms with E-state index in [1.807, 2.05) is 66.7 Å². The molecular weight excluding hydrogens is 392 g/mol. The topological polar surface area (TPSA) is 82.9 Å². The molecule has 0 radical (unpaired) electrons. The van der Waals surface area contributed by atoms with E-state index in [1.54, 1.807) is 22.8 Å². The van der Waals surface area contributed by atoms with Crippen LogP contribution >= 0.6 is 0 Å². The molecule has 0 unspecified atom stereocenters. The van der Waals surface area contributed by atoms with E-state index in [9.17, 15) is 9.59 Å². The van der Waals surface area contributed by atoms with E-state index in [1.165, 1.54) is 0 Å². The molecule has 0 aliphatic rings. The van der Waals surface area contributed by atoms with Crippen molar-refractivity contribution in [1.82, 2.24) is 19.3 Å². The molecule has 31 heavy (non-hydrogen) atoms. The molecule has 7 heteroatoms. The highest BCUT2D eigenvalue weighted by atomic mass is 16.5. The predicted molar refractivity (Wildman–Crippen MR) is 117 cm³/mol. The lowest BCUT2D eigenvalue weighted by atomic mass is 10.2. The summed E-state index contributed by atoms with van der Waals surface area (Å²) in [4.78, 5) is 30.8. The molecule has 0 N–H and O–H groups in total. The van der Waals surface area contributed by atoms with Gasteiger partial charge in [-0.15, -0.1) is 0 Å². The summed E-state index contributed by atoms with van der Waals surface area (Å²) < 4.78 is 8.08. The molecule has 3 aromatic carbocycles. The molecule has 2 heterocycles. The quantitative estimate of drug-likeness (QED) is 0.444. The molecule has 0 bridgehead atoms. The Hall–Kier alpha value is -4.26. The van der Waals surface area contributed by atoms with E-state index in [2.05, 4.69) is 10.1 Å². The number of hydrogen-bond donors (Lipinski definition) is 0. The van der Waals surface area contributed by atoms with Gasteiger partial charge >= 0.3 is 5.69 Å². The van der Waals surface area contributed by atoms with Gasteiger partial charge in [-0.1, -0.05) is 78.0 Å². The van der Waals surface area contributed by atoms with Crippen molar-refractivity contribution < 1.29 is 4.52 Å². The van der Waals surface area contributed by atoms with E-state index in [0.717, 1.165) is 15.7 Å². The fourth-order valence-corrected chi connectivity index (χ4v) is 3.59. The van der Waals surface area contributed by atoms with Gasteiger partial charge < -0.3 is 4.52 Å². The highest BCUT2D eigenvalue weighted by Crippen LogP contribution is 2.15. The van der Waals surface area contributed by atoms with E-state index >= 15 is 0 Å². The van der Waals surface area contributed by atoms with Gasteiger partial charge in [-0.25, -0.2) is 4.79 Å². The number of nitrogens with zero attached hydrogens (tertiary/aromatic N) is 4. The fraction of sp³-hybridized carbons (Fsp3) is 0.0833. The molecule has 0 saturated heterocycles. The number of para-hydroxylation sites is 1. The third-order valence-electron chi connectivity index (χ3n) is 5.11. The van der Waals surface area contributed by atoms with E-state index in [-0.39, 0.29) is 18.0 Å². The Bertz CT molecular complexity index is 1470. The molecule has 0 atom stereocenters. The largest absolute Gasteiger partial charge is 0.337 e. The normalized spacial score (nSPS) is 11.1. The Labute approximate surface area is 176 Å². The van der Waals surface area contributed by atoms with Crippen LogP contribution in [0.2, 0.25) is 0 Å². The molecule has 7 nitrogen and oxygen atoms in total. The molecule has 0 amide bonds. The smallest absolute Gasteiger partial charge is 0.332 e. The highest BCUT2D eigenvalue weighted by molar-refractivity contribution is 5.77. The molecule has 5 rings (SSSR count). The lowest BCUT2D eigenvalue weighted by Crippen LogP contribution is -2.40. The summed E-state index contributed by atoms with van der Waals surface area (Å²) in [5.74, 6) is 0.605. The summed E-state index contributed by atoms with van der Waals surface area (Å²) in [6, 6.07) is 26.1. The molecule has 0 aliphatic carbocycles. The Balaban J connectivity index is 1.60. The first-order chi connectivity index (χ1) is 15.2. The van der Waals surface area contributed by atoms with Gasteiger partial charge in [0.05, 0.1) is 17.4 Å². The second kappa shape index (κ2) is 7.87. The van der Waals surface area contributed by atoms with Crippen LogP contribution in [0, 0.1) is 0 Å². The van der Waals surface area contributed by atoms with Crippen molar-refractivity contribution in [3.05, 3.63) is 117 Å². The van der Waals surface area contributed by atoms with Crippen molar-refractivity contribution in [3.63, 3.8) is 0 Å². The molecule has 0 fully saturated rings. The Morgan fingerprint density at radius 2 is 1.42 bits per heavy atom. The van der Waals surface area contributed by atoms with Gasteiger partial charge in [0.15, 0.2) is 0 Å². The SMILES string of the molecule is O=c1c2ccccc2n(Cc2ccccc2)c(=O)n1Cc1nc(-c2ccccc2)no1. The molecule has 2 aromatic heterocycles. The first kappa shape index (κ1) is 18.7. The maximum atomic E-state index is 13.3. The van der Waals surface area contributed by atoms with Crippen LogP contribution in [0.15, 0.2) is 99.0 Å². The second-order valence-corrected chi connectivity index (χ2v) is 7.14. The van der Waals surface area contributed by atoms with Gasteiger partial charge in [0.25, 0.3) is 5.56 Å². The molecule has 0 spiro atoms. The van der Waals surface area contributed by atoms with Crippen molar-refractivity contribution in [3.8, 4) is 11.4 Å². The van der Waals surface area contributed by atoms with Crippen LogP contribution in [0.3, 0.4) is 0 Å². The van der Waals surface area contributed by atoms with Crippen molar-refractivity contribution >= 4 is 10.9 Å². The van der Waals surface area contributed by atoms with Crippen molar-refractivity contribution in [2.24, 2.45) is 0 Å². The van der Waals surface area contributed by atoms with Crippen LogP contribution in [0.1, 0.15) is 11.5 Å². The number of hydrogen-bond acceptors (Lipinski definition) is 5. The first-order valence-corrected chi connectivity index (χ1v) is 9.85. The van der Waals surface area contributed by atoms with E-state index in [0.29, 0.717) is 23.3 Å². The molecule has 0 saturated carbocycles. The van der Waals surface area contributed by atoms with Gasteiger partial charge in [0, 0.05) is 5.56 Å². The summed E-state index contributed by atoms with van der Waals surface area (Å²) >= 11 is 0. The standard InChI is InChI=1S/C24H18N4O3/c29-23-19-13-7-8-14-20(19)27(15-17-9-3-1-4-10-17)24(30)28(23)16-21-25-22(26-31-21)18-11-5-2-6-12-18/h1-14H,15-16H2. The average Bonchev–Trinajstić information content (AvgIpc) is 3.29. The van der Waals surface area contributed by atoms with Crippen LogP contribution in [-0.4, -0.2) is 19.3 Å². The lowest BCUT2D eigenvalue weighted by molar-refractivity contribution is 0.367. The van der Waals surface area contributed by atoms with Crippen molar-refractivity contribution in [2.45, 2.75) is 13.1 Å². The Morgan fingerprint density at radius 3 is 2.19 bits per heavy atom. The van der Waals surface area contributed by atoms with Crippen LogP contribution in [0.5, 0.6) is 0 Å². The summed E-state index contributed by atoms with van der Waals surface area (Å²) in [5.41, 5.74) is 1.54. The zero-order valence-corrected chi connectivity index (χ0v) is 16.5. The van der Waals surface area contributed by atoms with Crippen molar-refractivity contribution in [1.29, 1.82) is 0 Å².